The van der Waals surface area contributed by atoms with E-state index in [-0.39, 0.29) is 42.7 Å². The molecule has 3 atom stereocenters. The zero-order valence-electron chi connectivity index (χ0n) is 25.0. The second-order valence-corrected chi connectivity index (χ2v) is 12.2. The molecule has 234 valence electrons. The summed E-state index contributed by atoms with van der Waals surface area (Å²) >= 11 is 1.30. The van der Waals surface area contributed by atoms with Crippen LogP contribution in [0.2, 0.25) is 0 Å². The van der Waals surface area contributed by atoms with Gasteiger partial charge in [0.05, 0.1) is 35.4 Å². The van der Waals surface area contributed by atoms with E-state index >= 15 is 0 Å². The first-order valence-electron chi connectivity index (χ1n) is 15.0. The van der Waals surface area contributed by atoms with E-state index in [1.807, 2.05) is 18.2 Å². The number of hydrogen-bond acceptors (Lipinski definition) is 8. The van der Waals surface area contributed by atoms with Gasteiger partial charge in [-0.2, -0.15) is 0 Å². The minimum absolute atomic E-state index is 0.0770. The Balaban J connectivity index is 1.27. The largest absolute Gasteiger partial charge is 0.488 e. The summed E-state index contributed by atoms with van der Waals surface area (Å²) in [6, 6.07) is 10.7. The fourth-order valence-electron chi connectivity index (χ4n) is 6.34. The summed E-state index contributed by atoms with van der Waals surface area (Å²) in [6.45, 7) is 3.07. The van der Waals surface area contributed by atoms with Gasteiger partial charge < -0.3 is 25.2 Å². The maximum Gasteiger partial charge on any atom is 0.315 e. The number of benzene rings is 2. The zero-order valence-corrected chi connectivity index (χ0v) is 25.8. The number of aromatic nitrogens is 1. The van der Waals surface area contributed by atoms with Crippen LogP contribution in [-0.2, 0) is 11.2 Å². The highest BCUT2D eigenvalue weighted by Crippen LogP contribution is 2.40. The van der Waals surface area contributed by atoms with Gasteiger partial charge in [-0.15, -0.1) is 11.3 Å². The summed E-state index contributed by atoms with van der Waals surface area (Å²) in [4.78, 5) is 74.4. The van der Waals surface area contributed by atoms with Crippen molar-refractivity contribution in [1.29, 1.82) is 0 Å². The maximum absolute atomic E-state index is 13.8. The lowest BCUT2D eigenvalue weighted by molar-refractivity contribution is -0.136. The molecule has 12 nitrogen and oxygen atoms in total. The van der Waals surface area contributed by atoms with Crippen LogP contribution in [0, 0.1) is 0 Å². The van der Waals surface area contributed by atoms with E-state index in [4.69, 9.17) is 4.74 Å². The molecule has 2 aromatic carbocycles. The Hall–Kier alpha value is -4.78. The van der Waals surface area contributed by atoms with Crippen LogP contribution in [0.25, 0.3) is 0 Å². The van der Waals surface area contributed by atoms with Crippen molar-refractivity contribution in [2.24, 2.45) is 0 Å². The molecule has 4 heterocycles. The predicted molar refractivity (Wildman–Crippen MR) is 165 cm³/mol. The highest BCUT2D eigenvalue weighted by atomic mass is 32.1. The van der Waals surface area contributed by atoms with E-state index in [1.165, 1.54) is 23.3 Å². The molecule has 3 aromatic rings. The Morgan fingerprint density at radius 3 is 2.51 bits per heavy atom. The van der Waals surface area contributed by atoms with Gasteiger partial charge in [-0.3, -0.25) is 29.1 Å². The van der Waals surface area contributed by atoms with Crippen LogP contribution in [0.3, 0.4) is 0 Å². The Labute approximate surface area is 264 Å². The third-order valence-electron chi connectivity index (χ3n) is 8.59. The van der Waals surface area contributed by atoms with Crippen LogP contribution >= 0.6 is 11.3 Å². The highest BCUT2D eigenvalue weighted by Gasteiger charge is 2.40. The fourth-order valence-corrected chi connectivity index (χ4v) is 6.93. The lowest BCUT2D eigenvalue weighted by Gasteiger charge is -2.40. The third kappa shape index (κ3) is 5.87. The van der Waals surface area contributed by atoms with E-state index in [9.17, 15) is 24.0 Å². The van der Waals surface area contributed by atoms with Gasteiger partial charge in [0.1, 0.15) is 22.8 Å². The minimum atomic E-state index is -0.817. The smallest absolute Gasteiger partial charge is 0.315 e. The van der Waals surface area contributed by atoms with Crippen LogP contribution in [0.5, 0.6) is 5.75 Å². The first-order valence-corrected chi connectivity index (χ1v) is 15.8. The van der Waals surface area contributed by atoms with E-state index in [0.717, 1.165) is 11.1 Å². The summed E-state index contributed by atoms with van der Waals surface area (Å²) < 4.78 is 6.57. The third-order valence-corrected chi connectivity index (χ3v) is 9.35. The number of fused-ring (bicyclic) bond motifs is 2. The van der Waals surface area contributed by atoms with Gasteiger partial charge in [0, 0.05) is 38.7 Å². The Morgan fingerprint density at radius 1 is 1.07 bits per heavy atom. The summed E-state index contributed by atoms with van der Waals surface area (Å²) in [7, 11) is 1.48. The number of likely N-dealkylation sites (tertiary alicyclic amines) is 1. The number of nitrogens with zero attached hydrogens (tertiary/aromatic N) is 4. The summed E-state index contributed by atoms with van der Waals surface area (Å²) in [5.74, 6) is -0.484. The standard InChI is InChI=1S/C32H34N6O6S/c1-19(35-32(43)33-2)28(39)37-14-10-20-6-5-9-25(44-21-11-13-36(17-21)31(42)26-16-34-18-45-26)27(20)24(37)12-15-38-29(40)22-7-3-4-8-23(22)30(38)41/h3-9,16,18-19,21,24H,10-15,17H2,1-2H3,(H2,33,35,43)/t19-,21-,24+/m0/s1. The fraction of sp³-hybridized carbons (Fsp3) is 0.375. The first-order chi connectivity index (χ1) is 21.8. The lowest BCUT2D eigenvalue weighted by atomic mass is 9.89. The average Bonchev–Trinajstić information content (AvgIpc) is 3.81. The van der Waals surface area contributed by atoms with E-state index < -0.39 is 18.1 Å². The molecule has 3 aliphatic heterocycles. The minimum Gasteiger partial charge on any atom is -0.488 e. The van der Waals surface area contributed by atoms with Gasteiger partial charge in [-0.25, -0.2) is 4.79 Å². The number of carbonyl (C=O) groups excluding carboxylic acids is 5. The maximum atomic E-state index is 13.8. The molecule has 0 unspecified atom stereocenters. The summed E-state index contributed by atoms with van der Waals surface area (Å²) in [6.07, 6.45) is 2.79. The van der Waals surface area contributed by atoms with Crippen molar-refractivity contribution in [3.63, 3.8) is 0 Å². The molecule has 13 heteroatoms. The number of carbonyl (C=O) groups is 5. The lowest BCUT2D eigenvalue weighted by Crippen LogP contribution is -2.52. The molecule has 6 amide bonds. The number of thiazole rings is 1. The quantitative estimate of drug-likeness (QED) is 0.365. The van der Waals surface area contributed by atoms with E-state index in [2.05, 4.69) is 15.6 Å². The van der Waals surface area contributed by atoms with Crippen molar-refractivity contribution < 1.29 is 28.7 Å². The number of ether oxygens (including phenoxy) is 1. The topological polar surface area (TPSA) is 141 Å². The van der Waals surface area contributed by atoms with Gasteiger partial charge in [0.2, 0.25) is 5.91 Å². The van der Waals surface area contributed by atoms with Crippen molar-refractivity contribution in [3.8, 4) is 5.75 Å². The Kier molecular flexibility index (Phi) is 8.52. The van der Waals surface area contributed by atoms with Crippen molar-refractivity contribution in [1.82, 2.24) is 30.3 Å². The average molecular weight is 631 g/mol. The molecule has 1 saturated heterocycles. The summed E-state index contributed by atoms with van der Waals surface area (Å²) in [5, 5.41) is 5.14. The number of imide groups is 1. The van der Waals surface area contributed by atoms with Crippen LogP contribution in [0.4, 0.5) is 4.79 Å². The highest BCUT2D eigenvalue weighted by molar-refractivity contribution is 7.11. The molecule has 45 heavy (non-hydrogen) atoms. The second kappa shape index (κ2) is 12.7. The van der Waals surface area contributed by atoms with Gasteiger partial charge in [-0.05, 0) is 43.5 Å². The molecule has 0 saturated carbocycles. The van der Waals surface area contributed by atoms with E-state index in [0.29, 0.717) is 54.2 Å². The molecule has 0 bridgehead atoms. The number of amides is 6. The molecule has 1 fully saturated rings. The Bertz CT molecular complexity index is 1610. The molecule has 0 radical (unpaired) electrons. The zero-order chi connectivity index (χ0) is 31.7. The van der Waals surface area contributed by atoms with Crippen molar-refractivity contribution in [2.75, 3.05) is 33.2 Å². The molecule has 2 N–H and O–H groups in total. The molecule has 3 aliphatic rings. The monoisotopic (exact) mass is 630 g/mol. The van der Waals surface area contributed by atoms with Crippen LogP contribution in [-0.4, -0.2) is 94.7 Å². The van der Waals surface area contributed by atoms with Crippen molar-refractivity contribution in [3.05, 3.63) is 81.3 Å². The molecular weight excluding hydrogens is 596 g/mol. The number of urea groups is 1. The second-order valence-electron chi connectivity index (χ2n) is 11.3. The van der Waals surface area contributed by atoms with Crippen LogP contribution in [0.1, 0.15) is 67.3 Å². The van der Waals surface area contributed by atoms with Crippen LogP contribution in [0.15, 0.2) is 54.2 Å². The number of nitrogens with one attached hydrogen (secondary N) is 2. The molecule has 6 rings (SSSR count). The van der Waals surface area contributed by atoms with Gasteiger partial charge >= 0.3 is 6.03 Å². The molecular formula is C32H34N6O6S. The van der Waals surface area contributed by atoms with Gasteiger partial charge in [-0.1, -0.05) is 24.3 Å². The summed E-state index contributed by atoms with van der Waals surface area (Å²) in [5.41, 5.74) is 4.18. The van der Waals surface area contributed by atoms with Crippen molar-refractivity contribution in [2.45, 2.75) is 44.4 Å². The van der Waals surface area contributed by atoms with Crippen molar-refractivity contribution >= 4 is 41.0 Å². The molecule has 1 aromatic heterocycles. The number of hydrogen-bond donors (Lipinski definition) is 2. The van der Waals surface area contributed by atoms with Gasteiger partial charge in [0.15, 0.2) is 0 Å². The van der Waals surface area contributed by atoms with Gasteiger partial charge in [0.25, 0.3) is 17.7 Å². The van der Waals surface area contributed by atoms with Crippen LogP contribution < -0.4 is 15.4 Å². The predicted octanol–water partition coefficient (Wildman–Crippen LogP) is 2.87. The normalized spacial score (nSPS) is 19.6. The SMILES string of the molecule is CNC(=O)N[C@@H](C)C(=O)N1CCc2cccc(O[C@H]3CCN(C(=O)c4cncs4)C3)c2[C@H]1CCN1C(=O)c2ccccc2C1=O. The Morgan fingerprint density at radius 2 is 1.82 bits per heavy atom. The molecule has 0 spiro atoms. The van der Waals surface area contributed by atoms with E-state index in [1.54, 1.807) is 52.7 Å². The molecule has 0 aliphatic carbocycles. The first kappa shape index (κ1) is 30.3. The number of rotatable bonds is 8.